The highest BCUT2D eigenvalue weighted by Crippen LogP contribution is 2.28. The zero-order chi connectivity index (χ0) is 22.1. The summed E-state index contributed by atoms with van der Waals surface area (Å²) in [5.74, 6) is -0.929. The average molecular weight is 418 g/mol. The van der Waals surface area contributed by atoms with Crippen LogP contribution in [0.25, 0.3) is 5.57 Å². The largest absolute Gasteiger partial charge is 0.573 e. The highest BCUT2D eigenvalue weighted by atomic mass is 19.4. The van der Waals surface area contributed by atoms with Gasteiger partial charge >= 0.3 is 6.36 Å². The summed E-state index contributed by atoms with van der Waals surface area (Å²) < 4.78 is 54.2. The van der Waals surface area contributed by atoms with E-state index in [9.17, 15) is 22.4 Å². The molecule has 0 heterocycles. The molecule has 0 saturated heterocycles. The van der Waals surface area contributed by atoms with E-state index in [0.29, 0.717) is 18.4 Å². The number of halogens is 4. The number of hydrogen-bond acceptors (Lipinski definition) is 2. The van der Waals surface area contributed by atoms with E-state index < -0.39 is 12.2 Å². The molecule has 0 spiro atoms. The second kappa shape index (κ2) is 10.6. The summed E-state index contributed by atoms with van der Waals surface area (Å²) in [5, 5.41) is 0. The normalized spacial score (nSPS) is 12.6. The van der Waals surface area contributed by atoms with Gasteiger partial charge in [0.15, 0.2) is 5.78 Å². The van der Waals surface area contributed by atoms with Crippen LogP contribution in [0.2, 0.25) is 0 Å². The van der Waals surface area contributed by atoms with Gasteiger partial charge in [-0.1, -0.05) is 54.6 Å². The van der Waals surface area contributed by atoms with E-state index in [1.807, 2.05) is 13.0 Å². The van der Waals surface area contributed by atoms with Gasteiger partial charge in [0.05, 0.1) is 0 Å². The smallest absolute Gasteiger partial charge is 0.406 e. The van der Waals surface area contributed by atoms with Crippen LogP contribution in [-0.2, 0) is 0 Å². The topological polar surface area (TPSA) is 26.3 Å². The average Bonchev–Trinajstić information content (AvgIpc) is 2.69. The molecule has 0 atom stereocenters. The molecule has 0 aliphatic heterocycles. The molecule has 2 aromatic rings. The third kappa shape index (κ3) is 7.35. The number of ether oxygens (including phenoxy) is 1. The molecule has 0 unspecified atom stereocenters. The molecule has 2 aromatic carbocycles. The van der Waals surface area contributed by atoms with Crippen LogP contribution >= 0.6 is 0 Å². The number of carbonyl (C=O) groups excluding carboxylic acids is 1. The summed E-state index contributed by atoms with van der Waals surface area (Å²) in [6, 6.07) is 11.2. The number of hydrogen-bond donors (Lipinski definition) is 0. The molecule has 158 valence electrons. The molecule has 2 rings (SSSR count). The molecule has 0 aliphatic carbocycles. The van der Waals surface area contributed by atoms with Crippen molar-refractivity contribution in [3.05, 3.63) is 95.9 Å². The Morgan fingerprint density at radius 2 is 1.77 bits per heavy atom. The zero-order valence-electron chi connectivity index (χ0n) is 16.5. The predicted molar refractivity (Wildman–Crippen MR) is 110 cm³/mol. The second-order valence-corrected chi connectivity index (χ2v) is 6.56. The number of ketones is 1. The molecule has 0 fully saturated rings. The number of alkyl halides is 3. The second-order valence-electron chi connectivity index (χ2n) is 6.56. The van der Waals surface area contributed by atoms with E-state index in [0.717, 1.165) is 16.7 Å². The molecule has 0 saturated carbocycles. The van der Waals surface area contributed by atoms with Crippen LogP contribution in [0.3, 0.4) is 0 Å². The fourth-order valence-corrected chi connectivity index (χ4v) is 2.94. The van der Waals surface area contributed by atoms with Crippen molar-refractivity contribution in [2.45, 2.75) is 32.5 Å². The lowest BCUT2D eigenvalue weighted by molar-refractivity contribution is -0.274. The molecule has 0 aromatic heterocycles. The van der Waals surface area contributed by atoms with E-state index in [1.54, 1.807) is 30.4 Å². The summed E-state index contributed by atoms with van der Waals surface area (Å²) in [6.45, 7) is 5.51. The summed E-state index contributed by atoms with van der Waals surface area (Å²) in [6.07, 6.45) is 1.78. The van der Waals surface area contributed by atoms with Gasteiger partial charge in [0.1, 0.15) is 11.6 Å². The van der Waals surface area contributed by atoms with E-state index in [2.05, 4.69) is 11.3 Å². The first-order chi connectivity index (χ1) is 14.2. The molecule has 0 aliphatic rings. The SMILES string of the molecule is C=C/C=C(/CC/C(=C\C)CC(=O)c1cccc(F)c1)c1ccc(OC(F)(F)F)cc1. The predicted octanol–water partition coefficient (Wildman–Crippen LogP) is 7.29. The van der Waals surface area contributed by atoms with Gasteiger partial charge in [0.25, 0.3) is 0 Å². The Bertz CT molecular complexity index is 938. The maximum absolute atomic E-state index is 13.3. The standard InChI is InChI=1S/C24H22F4O2/c1-3-6-18(19-11-13-22(14-12-19)30-24(26,27)28)10-9-17(4-2)15-23(29)20-7-5-8-21(25)16-20/h3-8,11-14,16H,1,9-10,15H2,2H3/b17-4+,18-6-. The fraction of sp³-hybridized carbons (Fsp3) is 0.208. The Kier molecular flexibility index (Phi) is 8.16. The van der Waals surface area contributed by atoms with Crippen molar-refractivity contribution in [1.82, 2.24) is 0 Å². The quantitative estimate of drug-likeness (QED) is 0.185. The van der Waals surface area contributed by atoms with Crippen LogP contribution in [0.4, 0.5) is 17.6 Å². The minimum Gasteiger partial charge on any atom is -0.406 e. The number of benzene rings is 2. The van der Waals surface area contributed by atoms with Crippen molar-refractivity contribution in [3.8, 4) is 5.75 Å². The van der Waals surface area contributed by atoms with E-state index >= 15 is 0 Å². The van der Waals surface area contributed by atoms with Crippen molar-refractivity contribution in [2.75, 3.05) is 0 Å². The third-order valence-corrected chi connectivity index (χ3v) is 4.44. The molecule has 0 radical (unpaired) electrons. The third-order valence-electron chi connectivity index (χ3n) is 4.44. The van der Waals surface area contributed by atoms with Gasteiger partial charge in [-0.25, -0.2) is 4.39 Å². The van der Waals surface area contributed by atoms with Gasteiger partial charge in [-0.15, -0.1) is 13.2 Å². The van der Waals surface area contributed by atoms with Gasteiger partial charge in [-0.05, 0) is 55.2 Å². The minimum atomic E-state index is -4.74. The van der Waals surface area contributed by atoms with Crippen molar-refractivity contribution >= 4 is 11.4 Å². The Morgan fingerprint density at radius 1 is 1.07 bits per heavy atom. The van der Waals surface area contributed by atoms with Crippen LogP contribution in [0, 0.1) is 5.82 Å². The summed E-state index contributed by atoms with van der Waals surface area (Å²) >= 11 is 0. The maximum Gasteiger partial charge on any atom is 0.573 e. The summed E-state index contributed by atoms with van der Waals surface area (Å²) in [7, 11) is 0. The van der Waals surface area contributed by atoms with Crippen LogP contribution in [0.1, 0.15) is 42.1 Å². The lowest BCUT2D eigenvalue weighted by atomic mass is 9.94. The van der Waals surface area contributed by atoms with E-state index in [-0.39, 0.29) is 18.0 Å². The van der Waals surface area contributed by atoms with Crippen molar-refractivity contribution in [1.29, 1.82) is 0 Å². The van der Waals surface area contributed by atoms with Gasteiger partial charge in [0.2, 0.25) is 0 Å². The molecule has 0 bridgehead atoms. The van der Waals surface area contributed by atoms with Crippen molar-refractivity contribution < 1.29 is 27.1 Å². The molecule has 30 heavy (non-hydrogen) atoms. The van der Waals surface area contributed by atoms with Gasteiger partial charge in [-0.3, -0.25) is 4.79 Å². The van der Waals surface area contributed by atoms with Gasteiger partial charge in [0, 0.05) is 12.0 Å². The van der Waals surface area contributed by atoms with Crippen LogP contribution in [-0.4, -0.2) is 12.1 Å². The Hall–Kier alpha value is -3.15. The molecule has 6 heteroatoms. The highest BCUT2D eigenvalue weighted by Gasteiger charge is 2.31. The first-order valence-electron chi connectivity index (χ1n) is 9.32. The Labute approximate surface area is 173 Å². The zero-order valence-corrected chi connectivity index (χ0v) is 16.5. The van der Waals surface area contributed by atoms with Crippen LogP contribution in [0.15, 0.2) is 78.9 Å². The Balaban J connectivity index is 2.05. The molecule has 0 N–H and O–H groups in total. The van der Waals surface area contributed by atoms with Gasteiger partial charge < -0.3 is 4.74 Å². The maximum atomic E-state index is 13.3. The lowest BCUT2D eigenvalue weighted by Gasteiger charge is -2.12. The number of Topliss-reactive ketones (excluding diaryl/α,β-unsaturated/α-hetero) is 1. The molecular weight excluding hydrogens is 396 g/mol. The first kappa shape index (κ1) is 23.1. The van der Waals surface area contributed by atoms with E-state index in [1.165, 1.54) is 30.3 Å². The molecule has 0 amide bonds. The highest BCUT2D eigenvalue weighted by molar-refractivity contribution is 5.97. The summed E-state index contributed by atoms with van der Waals surface area (Å²) in [5.41, 5.74) is 2.80. The number of allylic oxidation sites excluding steroid dienone is 5. The monoisotopic (exact) mass is 418 g/mol. The number of rotatable bonds is 9. The van der Waals surface area contributed by atoms with Crippen molar-refractivity contribution in [3.63, 3.8) is 0 Å². The van der Waals surface area contributed by atoms with Crippen LogP contribution in [0.5, 0.6) is 5.75 Å². The first-order valence-corrected chi connectivity index (χ1v) is 9.32. The molecular formula is C24H22F4O2. The van der Waals surface area contributed by atoms with Crippen LogP contribution < -0.4 is 4.74 Å². The lowest BCUT2D eigenvalue weighted by Crippen LogP contribution is -2.17. The van der Waals surface area contributed by atoms with E-state index in [4.69, 9.17) is 0 Å². The molecule has 2 nitrogen and oxygen atoms in total. The van der Waals surface area contributed by atoms with Crippen molar-refractivity contribution in [2.24, 2.45) is 0 Å². The Morgan fingerprint density at radius 3 is 2.33 bits per heavy atom. The summed E-state index contributed by atoms with van der Waals surface area (Å²) in [4.78, 5) is 12.4. The van der Waals surface area contributed by atoms with Gasteiger partial charge in [-0.2, -0.15) is 0 Å². The minimum absolute atomic E-state index is 0.166. The fourth-order valence-electron chi connectivity index (χ4n) is 2.94. The number of carbonyl (C=O) groups is 1.